The van der Waals surface area contributed by atoms with Gasteiger partial charge < -0.3 is 4.74 Å². The van der Waals surface area contributed by atoms with Crippen LogP contribution in [-0.2, 0) is 9.53 Å². The van der Waals surface area contributed by atoms with E-state index in [4.69, 9.17) is 4.74 Å². The highest BCUT2D eigenvalue weighted by atomic mass is 16.5. The minimum absolute atomic E-state index is 0.349. The fourth-order valence-corrected chi connectivity index (χ4v) is 1.64. The predicted molar refractivity (Wildman–Crippen MR) is 71.6 cm³/mol. The Labute approximate surface area is 107 Å². The van der Waals surface area contributed by atoms with Gasteiger partial charge in [0.2, 0.25) is 0 Å². The summed E-state index contributed by atoms with van der Waals surface area (Å²) >= 11 is 0. The maximum atomic E-state index is 11.8. The van der Waals surface area contributed by atoms with Crippen molar-refractivity contribution in [3.63, 3.8) is 0 Å². The molecule has 2 rings (SSSR count). The molecule has 18 heavy (non-hydrogen) atoms. The summed E-state index contributed by atoms with van der Waals surface area (Å²) in [4.78, 5) is 11.8. The molecule has 2 aromatic rings. The summed E-state index contributed by atoms with van der Waals surface area (Å²) in [5, 5.41) is 0. The van der Waals surface area contributed by atoms with Crippen molar-refractivity contribution in [1.29, 1.82) is 0 Å². The molecule has 2 aromatic carbocycles. The molecule has 0 aliphatic carbocycles. The van der Waals surface area contributed by atoms with Crippen molar-refractivity contribution in [2.75, 3.05) is 7.11 Å². The van der Waals surface area contributed by atoms with Crippen LogP contribution in [0.5, 0.6) is 0 Å². The van der Waals surface area contributed by atoms with Gasteiger partial charge in [-0.1, -0.05) is 54.6 Å². The molecule has 0 aromatic heterocycles. The molecule has 0 amide bonds. The van der Waals surface area contributed by atoms with Crippen LogP contribution in [0.3, 0.4) is 0 Å². The third-order valence-electron chi connectivity index (χ3n) is 2.52. The highest BCUT2D eigenvalue weighted by Gasteiger charge is 2.11. The summed E-state index contributed by atoms with van der Waals surface area (Å²) in [6.45, 7) is 0. The molecule has 0 heterocycles. The van der Waals surface area contributed by atoms with Gasteiger partial charge in [-0.3, -0.25) is 0 Å². The Hall–Kier alpha value is -2.35. The van der Waals surface area contributed by atoms with E-state index >= 15 is 0 Å². The van der Waals surface area contributed by atoms with Crippen LogP contribution in [0.15, 0.2) is 54.6 Å². The number of hydrogen-bond acceptors (Lipinski definition) is 2. The van der Waals surface area contributed by atoms with E-state index in [1.54, 1.807) is 6.08 Å². The minimum Gasteiger partial charge on any atom is -0.465 e. The number of carbonyl (C=O) groups is 1. The lowest BCUT2D eigenvalue weighted by Gasteiger charge is -2.05. The van der Waals surface area contributed by atoms with Gasteiger partial charge in [0.1, 0.15) is 0 Å². The Kier molecular flexibility index (Phi) is 3.92. The van der Waals surface area contributed by atoms with Crippen molar-refractivity contribution < 1.29 is 9.53 Å². The molecule has 0 atom stereocenters. The van der Waals surface area contributed by atoms with Crippen molar-refractivity contribution in [3.8, 4) is 0 Å². The normalized spacial score (nSPS) is 11.1. The Balaban J connectivity index is 2.44. The lowest BCUT2D eigenvalue weighted by molar-refractivity contribution is -0.133. The highest BCUT2D eigenvalue weighted by molar-refractivity contribution is 6.21. The van der Waals surface area contributed by atoms with Gasteiger partial charge in [-0.25, -0.2) is 4.79 Å². The van der Waals surface area contributed by atoms with E-state index in [-0.39, 0.29) is 5.97 Å². The predicted octanol–water partition coefficient (Wildman–Crippen LogP) is 3.20. The van der Waals surface area contributed by atoms with Gasteiger partial charge in [-0.15, -0.1) is 0 Å². The maximum absolute atomic E-state index is 11.8. The van der Waals surface area contributed by atoms with Gasteiger partial charge in [0, 0.05) is 0 Å². The summed E-state index contributed by atoms with van der Waals surface area (Å²) < 4.78 is 4.82. The molecule has 89 valence electrons. The summed E-state index contributed by atoms with van der Waals surface area (Å²) in [6.07, 6.45) is 1.78. The van der Waals surface area contributed by atoms with Crippen molar-refractivity contribution in [2.24, 2.45) is 0 Å². The quantitative estimate of drug-likeness (QED) is 0.465. The summed E-state index contributed by atoms with van der Waals surface area (Å²) in [7, 11) is 1.38. The average Bonchev–Trinajstić information content (AvgIpc) is 2.46. The molecular weight excluding hydrogens is 224 g/mol. The molecule has 0 spiro atoms. The number of esters is 1. The number of carbonyl (C=O) groups excluding carboxylic acids is 1. The van der Waals surface area contributed by atoms with Crippen LogP contribution >= 0.6 is 0 Å². The number of rotatable bonds is 3. The number of methoxy groups -OCH3 is 1. The first-order valence-electron chi connectivity index (χ1n) is 5.63. The fraction of sp³-hybridized carbons (Fsp3) is 0.0625. The molecule has 0 fully saturated rings. The monoisotopic (exact) mass is 237 g/mol. The maximum Gasteiger partial charge on any atom is 0.338 e. The average molecular weight is 237 g/mol. The van der Waals surface area contributed by atoms with Crippen molar-refractivity contribution in [1.82, 2.24) is 0 Å². The van der Waals surface area contributed by atoms with E-state index in [0.717, 1.165) is 11.1 Å². The Bertz CT molecular complexity index is 542. The van der Waals surface area contributed by atoms with E-state index in [2.05, 4.69) is 6.07 Å². The molecule has 0 unspecified atom stereocenters. The Morgan fingerprint density at radius 2 is 1.83 bits per heavy atom. The first-order chi connectivity index (χ1) is 8.81. The van der Waals surface area contributed by atoms with Gasteiger partial charge >= 0.3 is 5.97 Å². The molecule has 0 bridgehead atoms. The highest BCUT2D eigenvalue weighted by Crippen LogP contribution is 2.19. The van der Waals surface area contributed by atoms with E-state index in [0.29, 0.717) is 5.57 Å². The van der Waals surface area contributed by atoms with Crippen molar-refractivity contribution in [2.45, 2.75) is 0 Å². The third-order valence-corrected chi connectivity index (χ3v) is 2.52. The van der Waals surface area contributed by atoms with Gasteiger partial charge in [0.15, 0.2) is 0 Å². The van der Waals surface area contributed by atoms with E-state index in [1.165, 1.54) is 7.11 Å². The zero-order chi connectivity index (χ0) is 12.8. The van der Waals surface area contributed by atoms with Crippen LogP contribution in [0.25, 0.3) is 11.6 Å². The van der Waals surface area contributed by atoms with Crippen molar-refractivity contribution in [3.05, 3.63) is 71.8 Å². The van der Waals surface area contributed by atoms with Gasteiger partial charge in [0.05, 0.1) is 12.7 Å². The van der Waals surface area contributed by atoms with E-state index < -0.39 is 0 Å². The van der Waals surface area contributed by atoms with Crippen LogP contribution in [0.1, 0.15) is 11.1 Å². The van der Waals surface area contributed by atoms with Crippen molar-refractivity contribution >= 4 is 17.6 Å². The minimum atomic E-state index is -0.349. The standard InChI is InChI=1S/C16H13O2/c1-18-16(17)15(14-10-6-3-7-11-14)12-13-8-4-2-5-9-13/h2-8,10-12H,1H3/b15-12+. The number of benzene rings is 2. The Morgan fingerprint density at radius 1 is 1.11 bits per heavy atom. The van der Waals surface area contributed by atoms with Crippen LogP contribution in [0.2, 0.25) is 0 Å². The molecule has 0 aliphatic rings. The van der Waals surface area contributed by atoms with E-state index in [1.807, 2.05) is 54.6 Å². The molecule has 0 saturated carbocycles. The lowest BCUT2D eigenvalue weighted by atomic mass is 10.0. The first-order valence-corrected chi connectivity index (χ1v) is 5.63. The molecule has 0 aliphatic heterocycles. The summed E-state index contributed by atoms with van der Waals surface area (Å²) in [5.41, 5.74) is 2.21. The van der Waals surface area contributed by atoms with Crippen LogP contribution in [0.4, 0.5) is 0 Å². The van der Waals surface area contributed by atoms with E-state index in [9.17, 15) is 4.79 Å². The molecule has 2 heteroatoms. The SMILES string of the molecule is COC(=O)/C(=C/c1[c]cccc1)c1ccccc1. The molecule has 0 N–H and O–H groups in total. The first kappa shape index (κ1) is 12.1. The Morgan fingerprint density at radius 3 is 2.44 bits per heavy atom. The van der Waals surface area contributed by atoms with Gasteiger partial charge in [0.25, 0.3) is 0 Å². The van der Waals surface area contributed by atoms with Crippen LogP contribution < -0.4 is 0 Å². The largest absolute Gasteiger partial charge is 0.465 e. The third kappa shape index (κ3) is 2.86. The molecule has 1 radical (unpaired) electrons. The summed E-state index contributed by atoms with van der Waals surface area (Å²) in [5.74, 6) is -0.349. The molecule has 2 nitrogen and oxygen atoms in total. The van der Waals surface area contributed by atoms with Gasteiger partial charge in [-0.2, -0.15) is 0 Å². The smallest absolute Gasteiger partial charge is 0.338 e. The topological polar surface area (TPSA) is 26.3 Å². The fourth-order valence-electron chi connectivity index (χ4n) is 1.64. The number of ether oxygens (including phenoxy) is 1. The van der Waals surface area contributed by atoms with Crippen LogP contribution in [-0.4, -0.2) is 13.1 Å². The zero-order valence-electron chi connectivity index (χ0n) is 10.1. The number of hydrogen-bond donors (Lipinski definition) is 0. The van der Waals surface area contributed by atoms with Gasteiger partial charge in [-0.05, 0) is 23.3 Å². The second kappa shape index (κ2) is 5.82. The molecule has 0 saturated heterocycles. The second-order valence-electron chi connectivity index (χ2n) is 3.73. The second-order valence-corrected chi connectivity index (χ2v) is 3.73. The zero-order valence-corrected chi connectivity index (χ0v) is 10.1. The van der Waals surface area contributed by atoms with Crippen LogP contribution in [0, 0.1) is 6.07 Å². The molecular formula is C16H13O2. The summed E-state index contributed by atoms with van der Waals surface area (Å²) in [6, 6.07) is 20.0. The lowest BCUT2D eigenvalue weighted by Crippen LogP contribution is -2.03.